The minimum absolute atomic E-state index is 0.0594. The maximum atomic E-state index is 12.9. The summed E-state index contributed by atoms with van der Waals surface area (Å²) in [5, 5.41) is 4.22. The number of methoxy groups -OCH3 is 2. The molecule has 5 rings (SSSR count). The average Bonchev–Trinajstić information content (AvgIpc) is 3.44. The normalized spacial score (nSPS) is 12.3. The first-order chi connectivity index (χ1) is 15.1. The molecular weight excluding hydrogens is 408 g/mol. The van der Waals surface area contributed by atoms with Gasteiger partial charge in [0.1, 0.15) is 18.0 Å². The smallest absolute Gasteiger partial charge is 0.329 e. The predicted molar refractivity (Wildman–Crippen MR) is 107 cm³/mol. The molecule has 2 aromatic carbocycles. The molecule has 158 valence electrons. The van der Waals surface area contributed by atoms with Crippen LogP contribution in [0, 0.1) is 0 Å². The Bertz CT molecular complexity index is 1400. The van der Waals surface area contributed by atoms with Crippen molar-refractivity contribution in [2.75, 3.05) is 21.0 Å². The number of benzene rings is 2. The summed E-state index contributed by atoms with van der Waals surface area (Å²) < 4.78 is 27.3. The van der Waals surface area contributed by atoms with Gasteiger partial charge in [-0.15, -0.1) is 0 Å². The summed E-state index contributed by atoms with van der Waals surface area (Å²) in [5.74, 6) is 2.37. The Kier molecular flexibility index (Phi) is 4.35. The first-order valence-electron chi connectivity index (χ1n) is 9.18. The molecule has 2 aromatic heterocycles. The van der Waals surface area contributed by atoms with E-state index in [0.29, 0.717) is 34.1 Å². The van der Waals surface area contributed by atoms with E-state index >= 15 is 0 Å². The van der Waals surface area contributed by atoms with Gasteiger partial charge in [0.05, 0.1) is 25.1 Å². The van der Waals surface area contributed by atoms with Crippen LogP contribution in [0.3, 0.4) is 0 Å². The van der Waals surface area contributed by atoms with Gasteiger partial charge in [0.25, 0.3) is 5.56 Å². The highest BCUT2D eigenvalue weighted by Gasteiger charge is 2.19. The van der Waals surface area contributed by atoms with E-state index < -0.39 is 11.2 Å². The third kappa shape index (κ3) is 3.25. The Hall–Kier alpha value is -4.28. The summed E-state index contributed by atoms with van der Waals surface area (Å²) >= 11 is 0. The van der Waals surface area contributed by atoms with Gasteiger partial charge in [-0.25, -0.2) is 4.79 Å². The van der Waals surface area contributed by atoms with Crippen LogP contribution >= 0.6 is 0 Å². The lowest BCUT2D eigenvalue weighted by Gasteiger charge is -2.06. The summed E-state index contributed by atoms with van der Waals surface area (Å²) in [6.45, 7) is -0.142. The highest BCUT2D eigenvalue weighted by atomic mass is 16.7. The average molecular weight is 424 g/mol. The van der Waals surface area contributed by atoms with Crippen LogP contribution in [-0.2, 0) is 6.54 Å². The molecule has 31 heavy (non-hydrogen) atoms. The molecule has 0 saturated heterocycles. The van der Waals surface area contributed by atoms with E-state index in [0.717, 1.165) is 4.57 Å². The molecule has 1 aliphatic heterocycles. The third-order valence-corrected chi connectivity index (χ3v) is 4.85. The summed E-state index contributed by atoms with van der Waals surface area (Å²) in [7, 11) is 3.07. The number of aromatic nitrogens is 4. The second kappa shape index (κ2) is 7.20. The lowest BCUT2D eigenvalue weighted by atomic mass is 10.2. The fourth-order valence-corrected chi connectivity index (χ4v) is 3.29. The number of fused-ring (bicyclic) bond motifs is 2. The van der Waals surface area contributed by atoms with Crippen molar-refractivity contribution in [3.63, 3.8) is 0 Å². The zero-order chi connectivity index (χ0) is 21.5. The van der Waals surface area contributed by atoms with Crippen molar-refractivity contribution in [2.24, 2.45) is 0 Å². The van der Waals surface area contributed by atoms with Crippen molar-refractivity contribution in [1.29, 1.82) is 0 Å². The molecule has 0 bridgehead atoms. The molecule has 0 fully saturated rings. The summed E-state index contributed by atoms with van der Waals surface area (Å²) in [6, 6.07) is 8.24. The molecule has 1 N–H and O–H groups in total. The Morgan fingerprint density at radius 3 is 2.45 bits per heavy atom. The fourth-order valence-electron chi connectivity index (χ4n) is 3.29. The van der Waals surface area contributed by atoms with Crippen molar-refractivity contribution in [3.05, 3.63) is 57.1 Å². The van der Waals surface area contributed by atoms with Crippen molar-refractivity contribution < 1.29 is 23.5 Å². The molecule has 11 heteroatoms. The quantitative estimate of drug-likeness (QED) is 0.507. The first-order valence-corrected chi connectivity index (χ1v) is 9.18. The molecule has 3 heterocycles. The third-order valence-electron chi connectivity index (χ3n) is 4.85. The van der Waals surface area contributed by atoms with Gasteiger partial charge in [0, 0.05) is 17.7 Å². The SMILES string of the molecule is COc1cc(OC)cc(-c2noc(Cn3c(=O)[nH]c4cc5c(cc4c3=O)OCO5)n2)c1. The van der Waals surface area contributed by atoms with Crippen molar-refractivity contribution >= 4 is 10.9 Å². The molecule has 0 unspecified atom stereocenters. The highest BCUT2D eigenvalue weighted by molar-refractivity contribution is 5.81. The number of hydrogen-bond donors (Lipinski definition) is 1. The second-order valence-electron chi connectivity index (χ2n) is 6.69. The van der Waals surface area contributed by atoms with Crippen LogP contribution in [0.15, 0.2) is 44.4 Å². The number of nitrogens with zero attached hydrogens (tertiary/aromatic N) is 3. The van der Waals surface area contributed by atoms with Gasteiger partial charge in [0.2, 0.25) is 18.5 Å². The number of aromatic amines is 1. The predicted octanol–water partition coefficient (Wildman–Crippen LogP) is 1.53. The molecule has 0 saturated carbocycles. The molecule has 1 aliphatic rings. The number of hydrogen-bond acceptors (Lipinski definition) is 9. The Balaban J connectivity index is 1.52. The van der Waals surface area contributed by atoms with E-state index in [1.165, 1.54) is 20.3 Å². The van der Waals surface area contributed by atoms with Crippen LogP contribution in [0.4, 0.5) is 0 Å². The minimum atomic E-state index is -0.612. The monoisotopic (exact) mass is 424 g/mol. The Morgan fingerprint density at radius 2 is 1.74 bits per heavy atom. The fraction of sp³-hybridized carbons (Fsp3) is 0.200. The standard InChI is InChI=1S/C20H16N4O7/c1-27-11-3-10(4-12(5-11)28-2)18-22-17(31-23-18)8-24-19(25)13-6-15-16(30-9-29-15)7-14(13)21-20(24)26/h3-7H,8-9H2,1-2H3,(H,21,26). The zero-order valence-electron chi connectivity index (χ0n) is 16.5. The van der Waals surface area contributed by atoms with Gasteiger partial charge >= 0.3 is 5.69 Å². The molecule has 4 aromatic rings. The summed E-state index contributed by atoms with van der Waals surface area (Å²) in [6.07, 6.45) is 0. The molecule has 0 amide bonds. The molecule has 0 spiro atoms. The van der Waals surface area contributed by atoms with Gasteiger partial charge in [0.15, 0.2) is 11.5 Å². The van der Waals surface area contributed by atoms with Crippen molar-refractivity contribution in [3.8, 4) is 34.4 Å². The summed E-state index contributed by atoms with van der Waals surface area (Å²) in [5.41, 5.74) is -0.178. The van der Waals surface area contributed by atoms with Crippen LogP contribution in [0.1, 0.15) is 5.89 Å². The largest absolute Gasteiger partial charge is 0.497 e. The van der Waals surface area contributed by atoms with Crippen LogP contribution in [0.5, 0.6) is 23.0 Å². The van der Waals surface area contributed by atoms with Gasteiger partial charge in [-0.3, -0.25) is 9.36 Å². The van der Waals surface area contributed by atoms with Crippen LogP contribution in [0.25, 0.3) is 22.3 Å². The lowest BCUT2D eigenvalue weighted by molar-refractivity contribution is 0.174. The van der Waals surface area contributed by atoms with E-state index in [4.69, 9.17) is 23.5 Å². The van der Waals surface area contributed by atoms with Gasteiger partial charge in [-0.1, -0.05) is 5.16 Å². The first kappa shape index (κ1) is 18.7. The zero-order valence-corrected chi connectivity index (χ0v) is 16.5. The Morgan fingerprint density at radius 1 is 1.03 bits per heavy atom. The maximum absolute atomic E-state index is 12.9. The van der Waals surface area contributed by atoms with Crippen LogP contribution in [0.2, 0.25) is 0 Å². The van der Waals surface area contributed by atoms with Gasteiger partial charge in [-0.05, 0) is 18.2 Å². The Labute approximate surface area is 173 Å². The lowest BCUT2D eigenvalue weighted by Crippen LogP contribution is -2.35. The topological polar surface area (TPSA) is 131 Å². The molecule has 0 radical (unpaired) electrons. The highest BCUT2D eigenvalue weighted by Crippen LogP contribution is 2.34. The maximum Gasteiger partial charge on any atom is 0.329 e. The van der Waals surface area contributed by atoms with Crippen LogP contribution < -0.4 is 30.2 Å². The van der Waals surface area contributed by atoms with E-state index in [1.54, 1.807) is 24.3 Å². The number of nitrogens with one attached hydrogen (secondary N) is 1. The minimum Gasteiger partial charge on any atom is -0.497 e. The van der Waals surface area contributed by atoms with Crippen molar-refractivity contribution in [1.82, 2.24) is 19.7 Å². The van der Waals surface area contributed by atoms with Crippen molar-refractivity contribution in [2.45, 2.75) is 6.54 Å². The van der Waals surface area contributed by atoms with E-state index in [-0.39, 0.29) is 30.4 Å². The summed E-state index contributed by atoms with van der Waals surface area (Å²) in [4.78, 5) is 32.4. The number of ether oxygens (including phenoxy) is 4. The van der Waals surface area contributed by atoms with E-state index in [1.807, 2.05) is 0 Å². The van der Waals surface area contributed by atoms with Crippen LogP contribution in [-0.4, -0.2) is 40.7 Å². The van der Waals surface area contributed by atoms with Gasteiger partial charge < -0.3 is 28.5 Å². The molecule has 0 aliphatic carbocycles. The van der Waals surface area contributed by atoms with E-state index in [9.17, 15) is 9.59 Å². The molecule has 0 atom stereocenters. The molecule has 11 nitrogen and oxygen atoms in total. The number of H-pyrrole nitrogens is 1. The number of rotatable bonds is 5. The van der Waals surface area contributed by atoms with Gasteiger partial charge in [-0.2, -0.15) is 4.98 Å². The second-order valence-corrected chi connectivity index (χ2v) is 6.69. The van der Waals surface area contributed by atoms with E-state index in [2.05, 4.69) is 15.1 Å². The molecular formula is C20H16N4O7.